The first kappa shape index (κ1) is 21.6. The van der Waals surface area contributed by atoms with Crippen LogP contribution in [0.2, 0.25) is 0 Å². The maximum atomic E-state index is 13.6. The number of amides is 1. The van der Waals surface area contributed by atoms with Crippen LogP contribution in [0, 0.1) is 13.8 Å². The van der Waals surface area contributed by atoms with Crippen molar-refractivity contribution in [2.24, 2.45) is 0 Å². The van der Waals surface area contributed by atoms with Gasteiger partial charge in [-0.1, -0.05) is 42.5 Å². The highest BCUT2D eigenvalue weighted by molar-refractivity contribution is 6.18. The van der Waals surface area contributed by atoms with Gasteiger partial charge >= 0.3 is 6.03 Å². The van der Waals surface area contributed by atoms with E-state index < -0.39 is 0 Å². The van der Waals surface area contributed by atoms with E-state index in [1.54, 1.807) is 31.1 Å². The lowest BCUT2D eigenvalue weighted by Crippen LogP contribution is -2.28. The molecule has 0 fully saturated rings. The van der Waals surface area contributed by atoms with Crippen LogP contribution in [0.25, 0.3) is 21.9 Å². The van der Waals surface area contributed by atoms with E-state index in [9.17, 15) is 9.59 Å². The highest BCUT2D eigenvalue weighted by Crippen LogP contribution is 2.29. The molecule has 3 heterocycles. The molecular formula is C27H25N5O2. The minimum Gasteiger partial charge on any atom is -0.330 e. The van der Waals surface area contributed by atoms with E-state index in [2.05, 4.69) is 14.5 Å². The zero-order valence-corrected chi connectivity index (χ0v) is 19.6. The molecule has 5 rings (SSSR count). The fraction of sp³-hybridized carbons (Fsp3) is 0.185. The number of pyridine rings is 1. The molecule has 5 aromatic rings. The Morgan fingerprint density at radius 1 is 0.941 bits per heavy atom. The lowest BCUT2D eigenvalue weighted by atomic mass is 9.99. The Labute approximate surface area is 197 Å². The van der Waals surface area contributed by atoms with E-state index in [0.29, 0.717) is 23.4 Å². The molecule has 0 saturated heterocycles. The average Bonchev–Trinajstić information content (AvgIpc) is 3.31. The summed E-state index contributed by atoms with van der Waals surface area (Å²) in [5, 5.41) is 0.776. The molecular weight excluding hydrogens is 426 g/mol. The van der Waals surface area contributed by atoms with Crippen LogP contribution in [-0.2, 0) is 6.54 Å². The van der Waals surface area contributed by atoms with Gasteiger partial charge in [-0.2, -0.15) is 0 Å². The molecule has 3 aromatic heterocycles. The number of ketones is 1. The zero-order valence-electron chi connectivity index (χ0n) is 19.6. The van der Waals surface area contributed by atoms with Crippen LogP contribution in [0.4, 0.5) is 4.79 Å². The Balaban J connectivity index is 1.50. The smallest absolute Gasteiger partial charge is 0.328 e. The van der Waals surface area contributed by atoms with Crippen LogP contribution < -0.4 is 0 Å². The zero-order chi connectivity index (χ0) is 24.0. The summed E-state index contributed by atoms with van der Waals surface area (Å²) >= 11 is 0. The summed E-state index contributed by atoms with van der Waals surface area (Å²) in [5.41, 5.74) is 5.48. The van der Waals surface area contributed by atoms with Gasteiger partial charge in [0.1, 0.15) is 11.3 Å². The van der Waals surface area contributed by atoms with Crippen molar-refractivity contribution in [3.05, 3.63) is 95.2 Å². The van der Waals surface area contributed by atoms with Crippen molar-refractivity contribution in [1.82, 2.24) is 24.0 Å². The Hall–Kier alpha value is -4.26. The van der Waals surface area contributed by atoms with E-state index in [0.717, 1.165) is 33.3 Å². The molecule has 0 N–H and O–H groups in total. The fourth-order valence-corrected chi connectivity index (χ4v) is 4.49. The van der Waals surface area contributed by atoms with Gasteiger partial charge in [0.25, 0.3) is 0 Å². The normalized spacial score (nSPS) is 11.3. The minimum absolute atomic E-state index is 0.0964. The summed E-state index contributed by atoms with van der Waals surface area (Å²) in [4.78, 5) is 36.7. The molecule has 0 bridgehead atoms. The predicted octanol–water partition coefficient (Wildman–Crippen LogP) is 4.81. The molecule has 0 aliphatic carbocycles. The molecule has 0 spiro atoms. The number of fused-ring (bicyclic) bond motifs is 2. The van der Waals surface area contributed by atoms with Crippen LogP contribution in [0.1, 0.15) is 33.0 Å². The molecule has 0 aliphatic heterocycles. The fourth-order valence-electron chi connectivity index (χ4n) is 4.49. The lowest BCUT2D eigenvalue weighted by molar-refractivity contribution is 0.103. The van der Waals surface area contributed by atoms with Crippen LogP contribution in [0.15, 0.2) is 67.0 Å². The van der Waals surface area contributed by atoms with Gasteiger partial charge in [0.2, 0.25) is 0 Å². The predicted molar refractivity (Wildman–Crippen MR) is 132 cm³/mol. The van der Waals surface area contributed by atoms with E-state index in [1.165, 1.54) is 4.90 Å². The van der Waals surface area contributed by atoms with Crippen molar-refractivity contribution >= 4 is 33.8 Å². The topological polar surface area (TPSA) is 73.0 Å². The van der Waals surface area contributed by atoms with Crippen molar-refractivity contribution in [2.45, 2.75) is 20.4 Å². The average molecular weight is 452 g/mol. The second kappa shape index (κ2) is 8.26. The lowest BCUT2D eigenvalue weighted by Gasteiger charge is -2.13. The van der Waals surface area contributed by atoms with E-state index in [-0.39, 0.29) is 11.8 Å². The molecule has 7 nitrogen and oxygen atoms in total. The first-order chi connectivity index (χ1) is 16.4. The summed E-state index contributed by atoms with van der Waals surface area (Å²) in [6.07, 6.45) is 3.53. The number of para-hydroxylation sites is 1. The number of aryl methyl sites for hydroxylation is 1. The number of nitrogens with zero attached hydrogens (tertiary/aromatic N) is 5. The molecule has 0 unspecified atom stereocenters. The van der Waals surface area contributed by atoms with Crippen molar-refractivity contribution in [2.75, 3.05) is 14.1 Å². The highest BCUT2D eigenvalue weighted by Gasteiger charge is 2.24. The highest BCUT2D eigenvalue weighted by atomic mass is 16.2. The van der Waals surface area contributed by atoms with Crippen LogP contribution in [0.5, 0.6) is 0 Å². The standard InChI is InChI=1S/C27H25N5O2/c1-17-25(21-7-5-6-8-23(21)32(17)27(34)30(3)4)26(33)20-11-9-19(10-12-20)16-31-18(2)29-22-15-28-14-13-24(22)31/h5-15H,16H2,1-4H3. The first-order valence-corrected chi connectivity index (χ1v) is 11.1. The Kier molecular flexibility index (Phi) is 5.24. The number of rotatable bonds is 4. The van der Waals surface area contributed by atoms with Gasteiger partial charge in [-0.15, -0.1) is 0 Å². The molecule has 1 amide bonds. The van der Waals surface area contributed by atoms with Crippen molar-refractivity contribution in [3.8, 4) is 0 Å². The number of hydrogen-bond acceptors (Lipinski definition) is 4. The van der Waals surface area contributed by atoms with E-state index in [4.69, 9.17) is 0 Å². The third-order valence-corrected chi connectivity index (χ3v) is 6.21. The van der Waals surface area contributed by atoms with Crippen LogP contribution >= 0.6 is 0 Å². The minimum atomic E-state index is -0.179. The molecule has 0 atom stereocenters. The molecule has 2 aromatic carbocycles. The summed E-state index contributed by atoms with van der Waals surface area (Å²) in [7, 11) is 3.41. The quantitative estimate of drug-likeness (QED) is 0.368. The third kappa shape index (κ3) is 3.46. The largest absolute Gasteiger partial charge is 0.330 e. The molecule has 0 aliphatic rings. The Bertz CT molecular complexity index is 1560. The van der Waals surface area contributed by atoms with Gasteiger partial charge in [0.15, 0.2) is 5.78 Å². The van der Waals surface area contributed by atoms with Gasteiger partial charge in [-0.25, -0.2) is 9.78 Å². The molecule has 34 heavy (non-hydrogen) atoms. The van der Waals surface area contributed by atoms with E-state index >= 15 is 0 Å². The molecule has 7 heteroatoms. The second-order valence-corrected chi connectivity index (χ2v) is 8.63. The van der Waals surface area contributed by atoms with Crippen molar-refractivity contribution in [1.29, 1.82) is 0 Å². The number of benzene rings is 2. The van der Waals surface area contributed by atoms with Crippen LogP contribution in [-0.4, -0.2) is 49.9 Å². The maximum absolute atomic E-state index is 13.6. The van der Waals surface area contributed by atoms with Gasteiger partial charge in [0, 0.05) is 43.5 Å². The van der Waals surface area contributed by atoms with Gasteiger partial charge in [-0.05, 0) is 31.5 Å². The Morgan fingerprint density at radius 2 is 1.68 bits per heavy atom. The summed E-state index contributed by atoms with van der Waals surface area (Å²) in [5.74, 6) is 0.818. The summed E-state index contributed by atoms with van der Waals surface area (Å²) in [6, 6.07) is 17.0. The van der Waals surface area contributed by atoms with Gasteiger partial charge < -0.3 is 9.47 Å². The SMILES string of the molecule is Cc1nc2cnccc2n1Cc1ccc(C(=O)c2c(C)n(C(=O)N(C)C)c3ccccc23)cc1. The number of aromatic nitrogens is 4. The molecule has 170 valence electrons. The number of imidazole rings is 1. The molecule has 0 radical (unpaired) electrons. The Morgan fingerprint density at radius 3 is 2.41 bits per heavy atom. The first-order valence-electron chi connectivity index (χ1n) is 11.1. The maximum Gasteiger partial charge on any atom is 0.328 e. The van der Waals surface area contributed by atoms with Crippen molar-refractivity contribution in [3.63, 3.8) is 0 Å². The number of hydrogen-bond donors (Lipinski definition) is 0. The second-order valence-electron chi connectivity index (χ2n) is 8.63. The van der Waals surface area contributed by atoms with Crippen LogP contribution in [0.3, 0.4) is 0 Å². The summed E-state index contributed by atoms with van der Waals surface area (Å²) < 4.78 is 3.75. The number of carbonyl (C=O) groups excluding carboxylic acids is 2. The third-order valence-electron chi connectivity index (χ3n) is 6.21. The van der Waals surface area contributed by atoms with Gasteiger partial charge in [0.05, 0.1) is 22.8 Å². The van der Waals surface area contributed by atoms with Gasteiger partial charge in [-0.3, -0.25) is 14.3 Å². The van der Waals surface area contributed by atoms with Crippen molar-refractivity contribution < 1.29 is 9.59 Å². The summed E-state index contributed by atoms with van der Waals surface area (Å²) in [6.45, 7) is 4.45. The molecule has 0 saturated carbocycles. The monoisotopic (exact) mass is 451 g/mol. The van der Waals surface area contributed by atoms with E-state index in [1.807, 2.05) is 68.4 Å². The number of carbonyl (C=O) groups is 2.